The van der Waals surface area contributed by atoms with Gasteiger partial charge in [-0.25, -0.2) is 8.42 Å². The van der Waals surface area contributed by atoms with Crippen molar-refractivity contribution in [2.45, 2.75) is 16.3 Å². The summed E-state index contributed by atoms with van der Waals surface area (Å²) in [6.07, 6.45) is 0.0861. The van der Waals surface area contributed by atoms with Crippen LogP contribution in [0.3, 0.4) is 0 Å². The summed E-state index contributed by atoms with van der Waals surface area (Å²) in [4.78, 5) is 3.12. The van der Waals surface area contributed by atoms with E-state index >= 15 is 0 Å². The van der Waals surface area contributed by atoms with E-state index in [2.05, 4.69) is 20.9 Å². The number of nitrogens with zero attached hydrogens (tertiary/aromatic N) is 2. The molecule has 1 aromatic heterocycles. The SMILES string of the molecule is N#Cc1cncc(Oc2ccc3c(c2Br)C(O)C(F)(F)S3(=O)=O)c1. The third-order valence-corrected chi connectivity index (χ3v) is 6.11. The van der Waals surface area contributed by atoms with E-state index in [1.807, 2.05) is 6.07 Å². The van der Waals surface area contributed by atoms with Crippen molar-refractivity contribution in [1.82, 2.24) is 4.98 Å². The Morgan fingerprint density at radius 1 is 1.38 bits per heavy atom. The Balaban J connectivity index is 2.09. The van der Waals surface area contributed by atoms with Crippen LogP contribution in [0.1, 0.15) is 17.2 Å². The monoisotopic (exact) mass is 416 g/mol. The molecular formula is C14H7BrF2N2O4S. The fourth-order valence-corrected chi connectivity index (χ4v) is 4.48. The molecule has 24 heavy (non-hydrogen) atoms. The Morgan fingerprint density at radius 3 is 2.75 bits per heavy atom. The summed E-state index contributed by atoms with van der Waals surface area (Å²) < 4.78 is 56.5. The van der Waals surface area contributed by atoms with Gasteiger partial charge in [0.2, 0.25) is 9.84 Å². The molecule has 3 rings (SSSR count). The second kappa shape index (κ2) is 5.47. The second-order valence-electron chi connectivity index (χ2n) is 4.88. The van der Waals surface area contributed by atoms with Crippen molar-refractivity contribution in [2.75, 3.05) is 0 Å². The van der Waals surface area contributed by atoms with Crippen LogP contribution in [0.15, 0.2) is 40.0 Å². The first-order valence-electron chi connectivity index (χ1n) is 6.36. The molecular weight excluding hydrogens is 410 g/mol. The van der Waals surface area contributed by atoms with Crippen LogP contribution in [0.2, 0.25) is 0 Å². The van der Waals surface area contributed by atoms with Crippen molar-refractivity contribution in [1.29, 1.82) is 5.26 Å². The number of halogens is 3. The fraction of sp³-hybridized carbons (Fsp3) is 0.143. The van der Waals surface area contributed by atoms with Gasteiger partial charge in [-0.3, -0.25) is 4.98 Å². The van der Waals surface area contributed by atoms with Gasteiger partial charge in [-0.05, 0) is 28.1 Å². The Hall–Kier alpha value is -2.09. The van der Waals surface area contributed by atoms with Crippen LogP contribution in [-0.4, -0.2) is 23.8 Å². The third-order valence-electron chi connectivity index (χ3n) is 3.41. The van der Waals surface area contributed by atoms with E-state index in [0.717, 1.165) is 6.07 Å². The fourth-order valence-electron chi connectivity index (χ4n) is 2.25. The van der Waals surface area contributed by atoms with Gasteiger partial charge in [-0.2, -0.15) is 14.0 Å². The maximum absolute atomic E-state index is 13.8. The summed E-state index contributed by atoms with van der Waals surface area (Å²) in [5.41, 5.74) is -0.249. The Bertz CT molecular complexity index is 989. The highest BCUT2D eigenvalue weighted by Crippen LogP contribution is 2.53. The second-order valence-corrected chi connectivity index (χ2v) is 7.66. The van der Waals surface area contributed by atoms with E-state index in [9.17, 15) is 22.3 Å². The molecule has 0 saturated heterocycles. The van der Waals surface area contributed by atoms with E-state index in [0.29, 0.717) is 0 Å². The average molecular weight is 417 g/mol. The summed E-state index contributed by atoms with van der Waals surface area (Å²) in [5, 5.41) is 14.2. The van der Waals surface area contributed by atoms with E-state index < -0.39 is 31.7 Å². The van der Waals surface area contributed by atoms with Gasteiger partial charge in [0.05, 0.1) is 21.1 Å². The number of aliphatic hydroxyl groups excluding tert-OH is 1. The molecule has 2 aromatic rings. The lowest BCUT2D eigenvalue weighted by Crippen LogP contribution is -2.28. The zero-order valence-electron chi connectivity index (χ0n) is 11.6. The first kappa shape index (κ1) is 16.8. The molecule has 0 saturated carbocycles. The minimum atomic E-state index is -4.98. The molecule has 6 nitrogen and oxygen atoms in total. The summed E-state index contributed by atoms with van der Waals surface area (Å²) >= 11 is 3.00. The number of alkyl halides is 2. The number of nitriles is 1. The summed E-state index contributed by atoms with van der Waals surface area (Å²) in [6, 6.07) is 5.35. The molecule has 0 aliphatic carbocycles. The minimum absolute atomic E-state index is 0.00223. The number of hydrogen-bond donors (Lipinski definition) is 1. The van der Waals surface area contributed by atoms with Gasteiger partial charge in [-0.15, -0.1) is 0 Å². The molecule has 0 bridgehead atoms. The number of hydrogen-bond acceptors (Lipinski definition) is 6. The molecule has 1 N–H and O–H groups in total. The van der Waals surface area contributed by atoms with Crippen LogP contribution in [0, 0.1) is 11.3 Å². The number of aliphatic hydroxyl groups is 1. The lowest BCUT2D eigenvalue weighted by atomic mass is 10.1. The summed E-state index contributed by atoms with van der Waals surface area (Å²) in [5.74, 6) is 0.148. The van der Waals surface area contributed by atoms with Gasteiger partial charge in [0, 0.05) is 17.8 Å². The number of ether oxygens (including phenoxy) is 1. The number of sulfone groups is 1. The first-order valence-corrected chi connectivity index (χ1v) is 8.63. The van der Waals surface area contributed by atoms with Crippen LogP contribution in [0.4, 0.5) is 8.78 Å². The Morgan fingerprint density at radius 2 is 2.08 bits per heavy atom. The normalized spacial score (nSPS) is 20.2. The number of aromatic nitrogens is 1. The quantitative estimate of drug-likeness (QED) is 0.807. The van der Waals surface area contributed by atoms with Crippen LogP contribution >= 0.6 is 15.9 Å². The zero-order chi connectivity index (χ0) is 17.7. The Labute approximate surface area is 143 Å². The third kappa shape index (κ3) is 2.28. The minimum Gasteiger partial charge on any atom is -0.455 e. The summed E-state index contributed by atoms with van der Waals surface area (Å²) in [6.45, 7) is 0. The van der Waals surface area contributed by atoms with Gasteiger partial charge < -0.3 is 9.84 Å². The predicted molar refractivity (Wildman–Crippen MR) is 80.3 cm³/mol. The standard InChI is InChI=1S/C14H7BrF2N2O4S/c15-12-9(23-8-3-7(4-18)5-19-6-8)1-2-10-11(12)13(20)14(16,17)24(10,21)22/h1-3,5-6,13,20H. The van der Waals surface area contributed by atoms with Crippen molar-refractivity contribution >= 4 is 25.8 Å². The van der Waals surface area contributed by atoms with Crippen LogP contribution in [0.5, 0.6) is 11.5 Å². The molecule has 0 spiro atoms. The van der Waals surface area contributed by atoms with Crippen molar-refractivity contribution in [3.63, 3.8) is 0 Å². The lowest BCUT2D eigenvalue weighted by molar-refractivity contribution is -0.0379. The van der Waals surface area contributed by atoms with Crippen LogP contribution in [0.25, 0.3) is 0 Å². The highest BCUT2D eigenvalue weighted by atomic mass is 79.9. The molecule has 1 atom stereocenters. The maximum atomic E-state index is 13.8. The largest absolute Gasteiger partial charge is 0.455 e. The molecule has 1 aliphatic heterocycles. The molecule has 1 unspecified atom stereocenters. The molecule has 124 valence electrons. The van der Waals surface area contributed by atoms with Crippen molar-refractivity contribution in [2.24, 2.45) is 0 Å². The van der Waals surface area contributed by atoms with Crippen molar-refractivity contribution < 1.29 is 27.0 Å². The number of benzene rings is 1. The van der Waals surface area contributed by atoms with Gasteiger partial charge in [0.25, 0.3) is 0 Å². The van der Waals surface area contributed by atoms with Gasteiger partial charge in [0.15, 0.2) is 6.10 Å². The van der Waals surface area contributed by atoms with Crippen LogP contribution in [-0.2, 0) is 9.84 Å². The maximum Gasteiger partial charge on any atom is 0.379 e. The number of rotatable bonds is 2. The average Bonchev–Trinajstić information content (AvgIpc) is 2.68. The van der Waals surface area contributed by atoms with E-state index in [4.69, 9.17) is 10.00 Å². The molecule has 1 aromatic carbocycles. The molecule has 1 aliphatic rings. The number of pyridine rings is 1. The highest BCUT2D eigenvalue weighted by Gasteiger charge is 2.61. The van der Waals surface area contributed by atoms with Crippen LogP contribution < -0.4 is 4.74 Å². The van der Waals surface area contributed by atoms with Gasteiger partial charge in [-0.1, -0.05) is 0 Å². The van der Waals surface area contributed by atoms with Gasteiger partial charge >= 0.3 is 5.25 Å². The predicted octanol–water partition coefficient (Wildman–Crippen LogP) is 2.92. The van der Waals surface area contributed by atoms with Gasteiger partial charge in [0.1, 0.15) is 17.6 Å². The number of fused-ring (bicyclic) bond motifs is 1. The van der Waals surface area contributed by atoms with Crippen molar-refractivity contribution in [3.8, 4) is 17.6 Å². The van der Waals surface area contributed by atoms with E-state index in [1.54, 1.807) is 0 Å². The summed E-state index contributed by atoms with van der Waals surface area (Å²) in [7, 11) is -4.98. The molecule has 0 radical (unpaired) electrons. The Kier molecular flexibility index (Phi) is 3.82. The first-order chi connectivity index (χ1) is 11.2. The lowest BCUT2D eigenvalue weighted by Gasteiger charge is -2.14. The topological polar surface area (TPSA) is 100 Å². The molecule has 10 heteroatoms. The molecule has 2 heterocycles. The molecule has 0 fully saturated rings. The van der Waals surface area contributed by atoms with Crippen molar-refractivity contribution in [3.05, 3.63) is 46.2 Å². The highest BCUT2D eigenvalue weighted by molar-refractivity contribution is 9.10. The smallest absolute Gasteiger partial charge is 0.379 e. The van der Waals surface area contributed by atoms with E-state index in [-0.39, 0.29) is 21.5 Å². The molecule has 0 amide bonds. The zero-order valence-corrected chi connectivity index (χ0v) is 14.0. The van der Waals surface area contributed by atoms with E-state index in [1.165, 1.54) is 24.5 Å².